The lowest BCUT2D eigenvalue weighted by Crippen LogP contribution is -2.47. The molecule has 1 fully saturated rings. The third-order valence-electron chi connectivity index (χ3n) is 6.02. The molecule has 0 saturated carbocycles. The molecule has 4 aromatic rings. The molecule has 0 N–H and O–H groups in total. The number of halogens is 1. The molecule has 2 aromatic heterocycles. The first-order chi connectivity index (χ1) is 15.0. The van der Waals surface area contributed by atoms with Gasteiger partial charge in [-0.05, 0) is 51.1 Å². The maximum absolute atomic E-state index is 6.05. The standard InChI is InChI=1S/C25H26ClN5/c1-17-5-4-6-20(15-17)24-19(3)25-27-18(2)16-23(31(25)28-24)30-13-11-29(12-14-30)22-9-7-21(26)8-10-22/h4-10,15-16H,11-14H2,1-3H3. The van der Waals surface area contributed by atoms with Crippen LogP contribution in [0.25, 0.3) is 16.9 Å². The molecule has 31 heavy (non-hydrogen) atoms. The van der Waals surface area contributed by atoms with Crippen LogP contribution >= 0.6 is 11.6 Å². The second-order valence-corrected chi connectivity index (χ2v) is 8.72. The number of hydrogen-bond acceptors (Lipinski definition) is 4. The molecule has 0 spiro atoms. The molecule has 6 heteroatoms. The average molecular weight is 432 g/mol. The Kier molecular flexibility index (Phi) is 5.06. The van der Waals surface area contributed by atoms with Crippen molar-refractivity contribution in [2.24, 2.45) is 0 Å². The van der Waals surface area contributed by atoms with Crippen LogP contribution in [0.3, 0.4) is 0 Å². The predicted octanol–water partition coefficient (Wildman–Crippen LogP) is 5.30. The first-order valence-electron chi connectivity index (χ1n) is 10.7. The quantitative estimate of drug-likeness (QED) is 0.441. The van der Waals surface area contributed by atoms with Crippen molar-refractivity contribution in [3.8, 4) is 11.3 Å². The van der Waals surface area contributed by atoms with Gasteiger partial charge in [0.1, 0.15) is 5.82 Å². The summed E-state index contributed by atoms with van der Waals surface area (Å²) in [4.78, 5) is 9.65. The van der Waals surface area contributed by atoms with Crippen LogP contribution in [0.1, 0.15) is 16.8 Å². The van der Waals surface area contributed by atoms with E-state index in [0.29, 0.717) is 0 Å². The van der Waals surface area contributed by atoms with Crippen LogP contribution in [0.5, 0.6) is 0 Å². The van der Waals surface area contributed by atoms with Crippen molar-refractivity contribution < 1.29 is 0 Å². The van der Waals surface area contributed by atoms with E-state index in [9.17, 15) is 0 Å². The molecule has 0 radical (unpaired) electrons. The minimum Gasteiger partial charge on any atom is -0.368 e. The van der Waals surface area contributed by atoms with Crippen LogP contribution in [0.2, 0.25) is 5.02 Å². The van der Waals surface area contributed by atoms with Gasteiger partial charge in [0.05, 0.1) is 5.69 Å². The van der Waals surface area contributed by atoms with Crippen molar-refractivity contribution in [2.45, 2.75) is 20.8 Å². The molecule has 2 aromatic carbocycles. The number of benzene rings is 2. The van der Waals surface area contributed by atoms with E-state index < -0.39 is 0 Å². The van der Waals surface area contributed by atoms with E-state index in [0.717, 1.165) is 65.2 Å². The molecule has 0 amide bonds. The van der Waals surface area contributed by atoms with Crippen molar-refractivity contribution in [1.82, 2.24) is 14.6 Å². The zero-order valence-corrected chi connectivity index (χ0v) is 18.9. The molecule has 3 heterocycles. The summed E-state index contributed by atoms with van der Waals surface area (Å²) in [7, 11) is 0. The van der Waals surface area contributed by atoms with Crippen LogP contribution in [0.4, 0.5) is 11.5 Å². The molecule has 5 rings (SSSR count). The van der Waals surface area contributed by atoms with Gasteiger partial charge in [-0.2, -0.15) is 9.61 Å². The number of fused-ring (bicyclic) bond motifs is 1. The van der Waals surface area contributed by atoms with Gasteiger partial charge < -0.3 is 9.80 Å². The Labute approximate surface area is 187 Å². The van der Waals surface area contributed by atoms with E-state index in [-0.39, 0.29) is 0 Å². The van der Waals surface area contributed by atoms with Crippen molar-refractivity contribution in [2.75, 3.05) is 36.0 Å². The zero-order chi connectivity index (χ0) is 21.5. The van der Waals surface area contributed by atoms with Gasteiger partial charge in [-0.15, -0.1) is 0 Å². The summed E-state index contributed by atoms with van der Waals surface area (Å²) in [5, 5.41) is 5.78. The van der Waals surface area contributed by atoms with Gasteiger partial charge in [0.15, 0.2) is 5.65 Å². The summed E-state index contributed by atoms with van der Waals surface area (Å²) in [5.74, 6) is 1.11. The molecule has 0 aliphatic carbocycles. The maximum Gasteiger partial charge on any atom is 0.161 e. The fraction of sp³-hybridized carbons (Fsp3) is 0.280. The Bertz CT molecular complexity index is 1240. The first kappa shape index (κ1) is 19.9. The van der Waals surface area contributed by atoms with Gasteiger partial charge in [0.2, 0.25) is 0 Å². The van der Waals surface area contributed by atoms with E-state index in [4.69, 9.17) is 21.7 Å². The third-order valence-corrected chi connectivity index (χ3v) is 6.27. The first-order valence-corrected chi connectivity index (χ1v) is 11.1. The minimum absolute atomic E-state index is 0.774. The van der Waals surface area contributed by atoms with Crippen LogP contribution < -0.4 is 9.80 Å². The van der Waals surface area contributed by atoms with Crippen molar-refractivity contribution in [1.29, 1.82) is 0 Å². The molecule has 0 bridgehead atoms. The molecule has 1 aliphatic rings. The smallest absolute Gasteiger partial charge is 0.161 e. The molecule has 1 saturated heterocycles. The Morgan fingerprint density at radius 2 is 1.55 bits per heavy atom. The molecular formula is C25H26ClN5. The van der Waals surface area contributed by atoms with Gasteiger partial charge in [-0.3, -0.25) is 0 Å². The molecule has 0 unspecified atom stereocenters. The summed E-state index contributed by atoms with van der Waals surface area (Å²) in [6, 6.07) is 18.8. The van der Waals surface area contributed by atoms with E-state index >= 15 is 0 Å². The number of aryl methyl sites for hydroxylation is 3. The number of nitrogens with zero attached hydrogens (tertiary/aromatic N) is 5. The Morgan fingerprint density at radius 1 is 0.839 bits per heavy atom. The van der Waals surface area contributed by atoms with Crippen LogP contribution in [-0.4, -0.2) is 40.8 Å². The minimum atomic E-state index is 0.774. The predicted molar refractivity (Wildman–Crippen MR) is 129 cm³/mol. The summed E-state index contributed by atoms with van der Waals surface area (Å²) < 4.78 is 2.03. The maximum atomic E-state index is 6.05. The fourth-order valence-corrected chi connectivity index (χ4v) is 4.49. The van der Waals surface area contributed by atoms with Gasteiger partial charge in [0.25, 0.3) is 0 Å². The molecule has 1 aliphatic heterocycles. The zero-order valence-electron chi connectivity index (χ0n) is 18.1. The summed E-state index contributed by atoms with van der Waals surface area (Å²) in [6.45, 7) is 10.1. The van der Waals surface area contributed by atoms with Gasteiger partial charge in [-0.1, -0.05) is 35.4 Å². The summed E-state index contributed by atoms with van der Waals surface area (Å²) in [5.41, 5.74) is 7.67. The largest absolute Gasteiger partial charge is 0.368 e. The van der Waals surface area contributed by atoms with E-state index in [2.05, 4.69) is 73.0 Å². The molecular weight excluding hydrogens is 406 g/mol. The lowest BCUT2D eigenvalue weighted by Gasteiger charge is -2.37. The summed E-state index contributed by atoms with van der Waals surface area (Å²) in [6.07, 6.45) is 0. The fourth-order valence-electron chi connectivity index (χ4n) is 4.36. The number of piperazine rings is 1. The van der Waals surface area contributed by atoms with E-state index in [1.165, 1.54) is 11.3 Å². The van der Waals surface area contributed by atoms with Crippen LogP contribution in [0.15, 0.2) is 54.6 Å². The molecule has 158 valence electrons. The monoisotopic (exact) mass is 431 g/mol. The Balaban J connectivity index is 1.47. The van der Waals surface area contributed by atoms with E-state index in [1.54, 1.807) is 0 Å². The van der Waals surface area contributed by atoms with Crippen molar-refractivity contribution >= 4 is 28.8 Å². The highest BCUT2D eigenvalue weighted by Gasteiger charge is 2.22. The van der Waals surface area contributed by atoms with Gasteiger partial charge >= 0.3 is 0 Å². The number of aromatic nitrogens is 3. The van der Waals surface area contributed by atoms with E-state index in [1.807, 2.05) is 16.6 Å². The highest BCUT2D eigenvalue weighted by atomic mass is 35.5. The lowest BCUT2D eigenvalue weighted by atomic mass is 10.1. The van der Waals surface area contributed by atoms with Gasteiger partial charge in [0, 0.05) is 59.8 Å². The van der Waals surface area contributed by atoms with Crippen molar-refractivity contribution in [3.05, 3.63) is 76.4 Å². The van der Waals surface area contributed by atoms with Gasteiger partial charge in [-0.25, -0.2) is 4.98 Å². The van der Waals surface area contributed by atoms with Crippen LogP contribution in [0, 0.1) is 20.8 Å². The second-order valence-electron chi connectivity index (χ2n) is 8.28. The Morgan fingerprint density at radius 3 is 2.26 bits per heavy atom. The number of hydrogen-bond donors (Lipinski definition) is 0. The van der Waals surface area contributed by atoms with Crippen molar-refractivity contribution in [3.63, 3.8) is 0 Å². The molecule has 5 nitrogen and oxygen atoms in total. The normalized spacial score (nSPS) is 14.5. The highest BCUT2D eigenvalue weighted by Crippen LogP contribution is 2.29. The number of anilines is 2. The average Bonchev–Trinajstić information content (AvgIpc) is 3.10. The SMILES string of the molecule is Cc1cccc(-c2nn3c(N4CCN(c5ccc(Cl)cc5)CC4)cc(C)nc3c2C)c1. The topological polar surface area (TPSA) is 36.7 Å². The second kappa shape index (κ2) is 7.89. The third kappa shape index (κ3) is 3.74. The van der Waals surface area contributed by atoms with Crippen LogP contribution in [-0.2, 0) is 0 Å². The number of rotatable bonds is 3. The highest BCUT2D eigenvalue weighted by molar-refractivity contribution is 6.30. The summed E-state index contributed by atoms with van der Waals surface area (Å²) >= 11 is 6.05. The molecule has 0 atom stereocenters. The lowest BCUT2D eigenvalue weighted by molar-refractivity contribution is 0.638. The Hall–Kier alpha value is -3.05.